The molecule has 3 nitrogen and oxygen atoms in total. The number of aromatic nitrogens is 1. The number of amides is 1. The third kappa shape index (κ3) is 3.69. The first-order chi connectivity index (χ1) is 6.18. The van der Waals surface area contributed by atoms with Gasteiger partial charge in [-0.05, 0) is 24.0 Å². The lowest BCUT2D eigenvalue weighted by Gasteiger charge is -2.07. The number of carbonyl (C=O) groups is 1. The first kappa shape index (κ1) is 9.71. The zero-order valence-electron chi connectivity index (χ0n) is 7.66. The summed E-state index contributed by atoms with van der Waals surface area (Å²) < 4.78 is 0. The van der Waals surface area contributed by atoms with E-state index in [4.69, 9.17) is 5.73 Å². The van der Waals surface area contributed by atoms with Crippen LogP contribution in [0.4, 0.5) is 0 Å². The van der Waals surface area contributed by atoms with Crippen LogP contribution in [0, 0.1) is 5.92 Å². The smallest absolute Gasteiger partial charge is 0.217 e. The van der Waals surface area contributed by atoms with Gasteiger partial charge in [0.05, 0.1) is 0 Å². The van der Waals surface area contributed by atoms with Crippen molar-refractivity contribution >= 4 is 5.91 Å². The predicted molar refractivity (Wildman–Crippen MR) is 50.7 cm³/mol. The lowest BCUT2D eigenvalue weighted by molar-refractivity contribution is -0.117. The molecule has 3 heteroatoms. The maximum absolute atomic E-state index is 10.6. The van der Waals surface area contributed by atoms with Gasteiger partial charge in [-0.3, -0.25) is 9.78 Å². The minimum atomic E-state index is -0.276. The van der Waals surface area contributed by atoms with Crippen LogP contribution in [0.2, 0.25) is 0 Å². The van der Waals surface area contributed by atoms with Crippen molar-refractivity contribution in [1.29, 1.82) is 0 Å². The predicted octanol–water partition coefficient (Wildman–Crippen LogP) is 1.09. The summed E-state index contributed by atoms with van der Waals surface area (Å²) in [6, 6.07) is 3.87. The molecular weight excluding hydrogens is 164 g/mol. The average molecular weight is 177 g/mol. The van der Waals surface area contributed by atoms with E-state index in [-0.39, 0.29) is 5.91 Å². The molecule has 13 heavy (non-hydrogen) atoms. The molecule has 1 radical (unpaired) electrons. The van der Waals surface area contributed by atoms with Gasteiger partial charge in [0, 0.05) is 18.8 Å². The molecule has 0 bridgehead atoms. The lowest BCUT2D eigenvalue weighted by Crippen LogP contribution is -2.14. The van der Waals surface area contributed by atoms with E-state index in [1.807, 2.05) is 19.1 Å². The lowest BCUT2D eigenvalue weighted by atomic mass is 9.99. The van der Waals surface area contributed by atoms with Crippen molar-refractivity contribution in [3.05, 3.63) is 36.0 Å². The fourth-order valence-corrected chi connectivity index (χ4v) is 1.21. The number of hydrogen-bond donors (Lipinski definition) is 1. The van der Waals surface area contributed by atoms with Crippen LogP contribution >= 0.6 is 0 Å². The number of carbonyl (C=O) groups excluding carboxylic acids is 1. The van der Waals surface area contributed by atoms with E-state index < -0.39 is 0 Å². The SMILES string of the molecule is C[C](CC(N)=O)Cc1cccnc1. The Bertz CT molecular complexity index is 272. The molecule has 1 heterocycles. The van der Waals surface area contributed by atoms with Crippen LogP contribution in [-0.4, -0.2) is 10.9 Å². The van der Waals surface area contributed by atoms with Gasteiger partial charge >= 0.3 is 0 Å². The van der Waals surface area contributed by atoms with E-state index in [9.17, 15) is 4.79 Å². The fraction of sp³-hybridized carbons (Fsp3) is 0.300. The maximum atomic E-state index is 10.6. The number of nitrogens with two attached hydrogens (primary N) is 1. The third-order valence-electron chi connectivity index (χ3n) is 1.70. The van der Waals surface area contributed by atoms with E-state index >= 15 is 0 Å². The van der Waals surface area contributed by atoms with E-state index in [2.05, 4.69) is 4.98 Å². The van der Waals surface area contributed by atoms with Gasteiger partial charge in [0.2, 0.25) is 5.91 Å². The van der Waals surface area contributed by atoms with E-state index in [0.717, 1.165) is 17.9 Å². The molecule has 0 spiro atoms. The van der Waals surface area contributed by atoms with Crippen molar-refractivity contribution in [2.75, 3.05) is 0 Å². The van der Waals surface area contributed by atoms with Crippen molar-refractivity contribution in [3.63, 3.8) is 0 Å². The maximum Gasteiger partial charge on any atom is 0.217 e. The number of nitrogens with zero attached hydrogens (tertiary/aromatic N) is 1. The Labute approximate surface area is 78.0 Å². The monoisotopic (exact) mass is 177 g/mol. The first-order valence-electron chi connectivity index (χ1n) is 4.17. The van der Waals surface area contributed by atoms with E-state index in [1.54, 1.807) is 12.4 Å². The number of hydrogen-bond acceptors (Lipinski definition) is 2. The summed E-state index contributed by atoms with van der Waals surface area (Å²) in [7, 11) is 0. The molecule has 0 fully saturated rings. The van der Waals surface area contributed by atoms with E-state index in [0.29, 0.717) is 6.42 Å². The minimum Gasteiger partial charge on any atom is -0.370 e. The summed E-state index contributed by atoms with van der Waals surface area (Å²) in [5, 5.41) is 0. The Balaban J connectivity index is 2.45. The average Bonchev–Trinajstić information content (AvgIpc) is 2.04. The molecule has 0 saturated carbocycles. The normalized spacial score (nSPS) is 10.3. The molecule has 0 aliphatic heterocycles. The topological polar surface area (TPSA) is 56.0 Å². The van der Waals surface area contributed by atoms with Crippen LogP contribution in [0.3, 0.4) is 0 Å². The van der Waals surface area contributed by atoms with Gasteiger partial charge in [-0.15, -0.1) is 0 Å². The quantitative estimate of drug-likeness (QED) is 0.748. The highest BCUT2D eigenvalue weighted by Gasteiger charge is 2.07. The van der Waals surface area contributed by atoms with Crippen molar-refractivity contribution in [3.8, 4) is 0 Å². The van der Waals surface area contributed by atoms with Gasteiger partial charge < -0.3 is 5.73 Å². The van der Waals surface area contributed by atoms with Gasteiger partial charge in [-0.25, -0.2) is 0 Å². The number of rotatable bonds is 4. The molecule has 0 atom stereocenters. The Hall–Kier alpha value is -1.38. The molecular formula is C10H13N2O. The standard InChI is InChI=1S/C10H13N2O/c1-8(6-10(11)13)5-9-3-2-4-12-7-9/h2-4,7H,5-6H2,1H3,(H2,11,13). The van der Waals surface area contributed by atoms with Crippen molar-refractivity contribution in [2.45, 2.75) is 19.8 Å². The first-order valence-corrected chi connectivity index (χ1v) is 4.17. The molecule has 0 aliphatic carbocycles. The highest BCUT2D eigenvalue weighted by atomic mass is 16.1. The summed E-state index contributed by atoms with van der Waals surface area (Å²) in [6.07, 6.45) is 4.66. The van der Waals surface area contributed by atoms with Crippen molar-refractivity contribution in [1.82, 2.24) is 4.98 Å². The molecule has 0 saturated heterocycles. The second-order valence-corrected chi connectivity index (χ2v) is 3.14. The van der Waals surface area contributed by atoms with Crippen molar-refractivity contribution in [2.24, 2.45) is 5.73 Å². The summed E-state index contributed by atoms with van der Waals surface area (Å²) in [4.78, 5) is 14.6. The van der Waals surface area contributed by atoms with Crippen LogP contribution in [-0.2, 0) is 11.2 Å². The van der Waals surface area contributed by atoms with Crippen LogP contribution < -0.4 is 5.73 Å². The zero-order chi connectivity index (χ0) is 9.68. The van der Waals surface area contributed by atoms with E-state index in [1.165, 1.54) is 0 Å². The highest BCUT2D eigenvalue weighted by molar-refractivity contribution is 5.75. The molecule has 0 aromatic carbocycles. The second-order valence-electron chi connectivity index (χ2n) is 3.14. The number of pyridine rings is 1. The summed E-state index contributed by atoms with van der Waals surface area (Å²) >= 11 is 0. The molecule has 2 N–H and O–H groups in total. The Morgan fingerprint density at radius 2 is 2.38 bits per heavy atom. The molecule has 1 aromatic heterocycles. The van der Waals surface area contributed by atoms with Gasteiger partial charge in [0.25, 0.3) is 0 Å². The minimum absolute atomic E-state index is 0.276. The largest absolute Gasteiger partial charge is 0.370 e. The fourth-order valence-electron chi connectivity index (χ4n) is 1.21. The molecule has 69 valence electrons. The summed E-state index contributed by atoms with van der Waals surface area (Å²) in [5.74, 6) is 0.793. The van der Waals surface area contributed by atoms with Crippen LogP contribution in [0.15, 0.2) is 24.5 Å². The Kier molecular flexibility index (Phi) is 3.43. The molecule has 1 rings (SSSR count). The van der Waals surface area contributed by atoms with Gasteiger partial charge in [0.1, 0.15) is 0 Å². The second kappa shape index (κ2) is 4.60. The number of primary amides is 1. The molecule has 1 aromatic rings. The summed E-state index contributed by atoms with van der Waals surface area (Å²) in [5.41, 5.74) is 6.18. The Morgan fingerprint density at radius 3 is 2.92 bits per heavy atom. The van der Waals surface area contributed by atoms with Crippen LogP contribution in [0.25, 0.3) is 0 Å². The van der Waals surface area contributed by atoms with Gasteiger partial charge in [-0.1, -0.05) is 13.0 Å². The van der Waals surface area contributed by atoms with Gasteiger partial charge in [0.15, 0.2) is 0 Å². The van der Waals surface area contributed by atoms with Gasteiger partial charge in [-0.2, -0.15) is 0 Å². The molecule has 0 unspecified atom stereocenters. The highest BCUT2D eigenvalue weighted by Crippen LogP contribution is 2.11. The molecule has 0 aliphatic rings. The third-order valence-corrected chi connectivity index (χ3v) is 1.70. The van der Waals surface area contributed by atoms with Crippen LogP contribution in [0.5, 0.6) is 0 Å². The van der Waals surface area contributed by atoms with Crippen molar-refractivity contribution < 1.29 is 4.79 Å². The van der Waals surface area contributed by atoms with Crippen LogP contribution in [0.1, 0.15) is 18.9 Å². The molecule has 1 amide bonds. The summed E-state index contributed by atoms with van der Waals surface area (Å²) in [6.45, 7) is 1.93. The zero-order valence-corrected chi connectivity index (χ0v) is 7.66. The Morgan fingerprint density at radius 1 is 1.62 bits per heavy atom.